The highest BCUT2D eigenvalue weighted by atomic mass is 16.6. The predicted octanol–water partition coefficient (Wildman–Crippen LogP) is 3.77. The van der Waals surface area contributed by atoms with Crippen molar-refractivity contribution in [3.05, 3.63) is 24.3 Å². The Morgan fingerprint density at radius 3 is 1.68 bits per heavy atom. The molecule has 2 aliphatic heterocycles. The number of benzene rings is 1. The van der Waals surface area contributed by atoms with Crippen LogP contribution in [0.25, 0.3) is 0 Å². The van der Waals surface area contributed by atoms with Gasteiger partial charge in [0.1, 0.15) is 5.75 Å². The lowest BCUT2D eigenvalue weighted by Gasteiger charge is -2.35. The highest BCUT2D eigenvalue weighted by molar-refractivity contribution is 6.03. The van der Waals surface area contributed by atoms with Crippen LogP contribution in [0.4, 0.5) is 5.69 Å². The molecule has 4 bridgehead atoms. The Morgan fingerprint density at radius 2 is 1.24 bits per heavy atom. The fourth-order valence-electron chi connectivity index (χ4n) is 6.48. The first kappa shape index (κ1) is 22.9. The van der Waals surface area contributed by atoms with Crippen molar-refractivity contribution in [1.29, 1.82) is 0 Å². The molecule has 8 nitrogen and oxygen atoms in total. The van der Waals surface area contributed by atoms with Gasteiger partial charge in [0.2, 0.25) is 5.60 Å². The van der Waals surface area contributed by atoms with Gasteiger partial charge < -0.3 is 19.5 Å². The van der Waals surface area contributed by atoms with Gasteiger partial charge in [0.05, 0.1) is 10.8 Å². The fraction of sp³-hybridized carbons (Fsp3) is 0.615. The zero-order valence-electron chi connectivity index (χ0n) is 20.5. The number of hydrogen-bond acceptors (Lipinski definition) is 7. The maximum atomic E-state index is 13.2. The number of esters is 3. The van der Waals surface area contributed by atoms with Gasteiger partial charge in [-0.05, 0) is 63.8 Å². The van der Waals surface area contributed by atoms with Crippen LogP contribution in [0.5, 0.6) is 5.75 Å². The van der Waals surface area contributed by atoms with Crippen molar-refractivity contribution in [3.63, 3.8) is 0 Å². The first-order chi connectivity index (χ1) is 15.7. The molecular formula is C26H31NO7. The van der Waals surface area contributed by atoms with Gasteiger partial charge in [0.25, 0.3) is 5.91 Å². The minimum Gasteiger partial charge on any atom is -0.448 e. The Labute approximate surface area is 198 Å². The van der Waals surface area contributed by atoms with Crippen molar-refractivity contribution < 1.29 is 33.4 Å². The van der Waals surface area contributed by atoms with Crippen LogP contribution >= 0.6 is 0 Å². The number of anilines is 1. The third-order valence-electron chi connectivity index (χ3n) is 10.2. The van der Waals surface area contributed by atoms with E-state index in [1.54, 1.807) is 24.3 Å². The summed E-state index contributed by atoms with van der Waals surface area (Å²) in [5, 5.41) is 2.85. The number of nitrogens with one attached hydrogen (secondary N) is 1. The van der Waals surface area contributed by atoms with E-state index in [2.05, 4.69) is 5.32 Å². The summed E-state index contributed by atoms with van der Waals surface area (Å²) in [6, 6.07) is 6.39. The van der Waals surface area contributed by atoms with E-state index in [9.17, 15) is 19.2 Å². The van der Waals surface area contributed by atoms with Gasteiger partial charge in [-0.25, -0.2) is 4.79 Å². The van der Waals surface area contributed by atoms with E-state index in [4.69, 9.17) is 14.2 Å². The monoisotopic (exact) mass is 469 g/mol. The van der Waals surface area contributed by atoms with Crippen LogP contribution in [0.15, 0.2) is 24.3 Å². The SMILES string of the molecule is CC1(C)[C@@]2(C(=O)Nc3ccc(OC(=O)[C@@]45CC[C@](C)(C(=O)O4)C5(C)C)cc3)CC[C@]1(C)C(=O)O2. The summed E-state index contributed by atoms with van der Waals surface area (Å²) in [7, 11) is 0. The molecule has 1 aromatic carbocycles. The number of hydrogen-bond donors (Lipinski definition) is 1. The minimum atomic E-state index is -1.31. The molecule has 182 valence electrons. The average molecular weight is 470 g/mol. The van der Waals surface area contributed by atoms with E-state index in [0.29, 0.717) is 31.4 Å². The molecule has 4 fully saturated rings. The van der Waals surface area contributed by atoms with E-state index >= 15 is 0 Å². The summed E-state index contributed by atoms with van der Waals surface area (Å²) in [6.07, 6.45) is 2.06. The topological polar surface area (TPSA) is 108 Å². The molecule has 1 aromatic rings. The van der Waals surface area contributed by atoms with Crippen LogP contribution in [0.3, 0.4) is 0 Å². The molecule has 1 amide bonds. The Balaban J connectivity index is 1.30. The van der Waals surface area contributed by atoms with Crippen molar-refractivity contribution in [2.45, 2.75) is 78.4 Å². The van der Waals surface area contributed by atoms with Crippen LogP contribution in [0, 0.1) is 21.7 Å². The molecule has 4 aliphatic rings. The second kappa shape index (κ2) is 6.40. The highest BCUT2D eigenvalue weighted by Gasteiger charge is 2.77. The van der Waals surface area contributed by atoms with E-state index in [1.165, 1.54) is 0 Å². The average Bonchev–Trinajstić information content (AvgIpc) is 3.23. The number of fused-ring (bicyclic) bond motifs is 4. The zero-order chi connectivity index (χ0) is 24.9. The summed E-state index contributed by atoms with van der Waals surface area (Å²) in [5.41, 5.74) is -4.76. The van der Waals surface area contributed by atoms with Gasteiger partial charge in [0.15, 0.2) is 5.60 Å². The Bertz CT molecular complexity index is 1050. The third kappa shape index (κ3) is 2.34. The normalized spacial score (nSPS) is 38.4. The van der Waals surface area contributed by atoms with E-state index < -0.39 is 38.8 Å². The Hall–Kier alpha value is -2.90. The van der Waals surface area contributed by atoms with E-state index in [0.717, 1.165) is 0 Å². The molecule has 34 heavy (non-hydrogen) atoms. The lowest BCUT2D eigenvalue weighted by Crippen LogP contribution is -2.50. The number of amides is 1. The Kier molecular flexibility index (Phi) is 4.31. The minimum absolute atomic E-state index is 0.281. The summed E-state index contributed by atoms with van der Waals surface area (Å²) >= 11 is 0. The smallest absolute Gasteiger partial charge is 0.356 e. The standard InChI is InChI=1S/C26H31NO7/c1-21(2)23(5)11-13-25(21,33-18(23)29)17(28)27-15-7-9-16(10-8-15)32-20(31)26-14-12-24(6,19(30)34-26)22(26,3)4/h7-10H,11-14H2,1-6H3,(H,27,28)/t23-,24-,25+,26-/m1/s1. The first-order valence-electron chi connectivity index (χ1n) is 11.8. The second-order valence-corrected chi connectivity index (χ2v) is 11.7. The first-order valence-corrected chi connectivity index (χ1v) is 11.8. The van der Waals surface area contributed by atoms with Crippen LogP contribution < -0.4 is 10.1 Å². The van der Waals surface area contributed by atoms with E-state index in [-0.39, 0.29) is 23.6 Å². The molecule has 0 aromatic heterocycles. The number of carbonyl (C=O) groups excluding carboxylic acids is 4. The fourth-order valence-corrected chi connectivity index (χ4v) is 6.48. The maximum absolute atomic E-state index is 13.2. The van der Waals surface area contributed by atoms with Crippen molar-refractivity contribution >= 4 is 29.5 Å². The molecule has 2 saturated carbocycles. The molecule has 2 heterocycles. The zero-order valence-corrected chi connectivity index (χ0v) is 20.5. The quantitative estimate of drug-likeness (QED) is 0.528. The predicted molar refractivity (Wildman–Crippen MR) is 121 cm³/mol. The lowest BCUT2D eigenvalue weighted by atomic mass is 9.66. The molecule has 0 spiro atoms. The van der Waals surface area contributed by atoms with Gasteiger partial charge in [-0.15, -0.1) is 0 Å². The molecular weight excluding hydrogens is 438 g/mol. The van der Waals surface area contributed by atoms with Crippen LogP contribution in [0.2, 0.25) is 0 Å². The molecule has 0 unspecified atom stereocenters. The molecule has 2 aliphatic carbocycles. The number of rotatable bonds is 4. The second-order valence-electron chi connectivity index (χ2n) is 11.7. The molecule has 0 radical (unpaired) electrons. The van der Waals surface area contributed by atoms with E-state index in [1.807, 2.05) is 41.5 Å². The van der Waals surface area contributed by atoms with Crippen LogP contribution in [-0.2, 0) is 28.7 Å². The Morgan fingerprint density at radius 1 is 0.765 bits per heavy atom. The van der Waals surface area contributed by atoms with Gasteiger partial charge in [-0.3, -0.25) is 14.4 Å². The van der Waals surface area contributed by atoms with Crippen molar-refractivity contribution in [1.82, 2.24) is 0 Å². The summed E-state index contributed by atoms with van der Waals surface area (Å²) in [4.78, 5) is 51.2. The highest BCUT2D eigenvalue weighted by Crippen LogP contribution is 2.66. The van der Waals surface area contributed by atoms with Gasteiger partial charge in [-0.2, -0.15) is 0 Å². The van der Waals surface area contributed by atoms with Crippen molar-refractivity contribution in [2.75, 3.05) is 5.32 Å². The lowest BCUT2D eigenvalue weighted by molar-refractivity contribution is -0.176. The number of carbonyl (C=O) groups is 4. The number of ether oxygens (including phenoxy) is 3. The van der Waals surface area contributed by atoms with Gasteiger partial charge in [0, 0.05) is 16.5 Å². The van der Waals surface area contributed by atoms with Crippen molar-refractivity contribution in [2.24, 2.45) is 21.7 Å². The molecule has 1 N–H and O–H groups in total. The van der Waals surface area contributed by atoms with Crippen LogP contribution in [-0.4, -0.2) is 35.0 Å². The third-order valence-corrected chi connectivity index (χ3v) is 10.2. The molecule has 4 atom stereocenters. The molecule has 2 saturated heterocycles. The van der Waals surface area contributed by atoms with Gasteiger partial charge >= 0.3 is 17.9 Å². The molecule has 8 heteroatoms. The summed E-state index contributed by atoms with van der Waals surface area (Å²) < 4.78 is 16.8. The largest absolute Gasteiger partial charge is 0.448 e. The maximum Gasteiger partial charge on any atom is 0.356 e. The van der Waals surface area contributed by atoms with Crippen molar-refractivity contribution in [3.8, 4) is 5.75 Å². The van der Waals surface area contributed by atoms with Crippen LogP contribution in [0.1, 0.15) is 67.2 Å². The molecule has 5 rings (SSSR count). The summed E-state index contributed by atoms with van der Waals surface area (Å²) in [5.74, 6) is -1.37. The summed E-state index contributed by atoms with van der Waals surface area (Å²) in [6.45, 7) is 11.2. The van der Waals surface area contributed by atoms with Gasteiger partial charge in [-0.1, -0.05) is 27.7 Å².